The van der Waals surface area contributed by atoms with E-state index in [9.17, 15) is 13.2 Å². The van der Waals surface area contributed by atoms with E-state index in [1.807, 2.05) is 0 Å². The molecule has 1 aliphatic rings. The van der Waals surface area contributed by atoms with Crippen LogP contribution in [0.3, 0.4) is 0 Å². The number of carboxylic acid groups (broad SMARTS) is 1. The fourth-order valence-corrected chi connectivity index (χ4v) is 2.85. The molecule has 8 nitrogen and oxygen atoms in total. The van der Waals surface area contributed by atoms with Crippen molar-refractivity contribution in [2.24, 2.45) is 0 Å². The van der Waals surface area contributed by atoms with Gasteiger partial charge in [0.25, 0.3) is 10.2 Å². The van der Waals surface area contributed by atoms with E-state index < -0.39 is 16.2 Å². The minimum absolute atomic E-state index is 0.0506. The predicted molar refractivity (Wildman–Crippen MR) is 64.4 cm³/mol. The molecule has 0 bridgehead atoms. The molecule has 1 saturated heterocycles. The summed E-state index contributed by atoms with van der Waals surface area (Å²) in [5, 5.41) is 8.64. The van der Waals surface area contributed by atoms with Gasteiger partial charge < -0.3 is 9.84 Å². The van der Waals surface area contributed by atoms with E-state index in [2.05, 4.69) is 4.72 Å². The summed E-state index contributed by atoms with van der Waals surface area (Å²) in [6.45, 7) is 1.96. The molecule has 0 spiro atoms. The number of hydrogen-bond donors (Lipinski definition) is 2. The highest BCUT2D eigenvalue weighted by Crippen LogP contribution is 2.05. The van der Waals surface area contributed by atoms with Crippen LogP contribution in [0.5, 0.6) is 0 Å². The van der Waals surface area contributed by atoms with E-state index in [1.165, 1.54) is 11.4 Å². The zero-order chi connectivity index (χ0) is 13.6. The summed E-state index contributed by atoms with van der Waals surface area (Å²) in [5.41, 5.74) is 0. The maximum atomic E-state index is 11.8. The van der Waals surface area contributed by atoms with E-state index in [-0.39, 0.29) is 13.1 Å². The Morgan fingerprint density at radius 2 is 1.94 bits per heavy atom. The average molecular weight is 281 g/mol. The number of rotatable bonds is 7. The standard InChI is InChI=1S/C9H19N3O5S/c1-17-7-2-10-18(15,16)12-5-3-11(4-6-12)8-9(13)14/h10H,2-8H2,1H3,(H,13,14). The lowest BCUT2D eigenvalue weighted by atomic mass is 10.3. The molecule has 0 radical (unpaired) electrons. The molecule has 1 aliphatic heterocycles. The Morgan fingerprint density at radius 1 is 1.33 bits per heavy atom. The van der Waals surface area contributed by atoms with Gasteiger partial charge in [0.1, 0.15) is 0 Å². The zero-order valence-corrected chi connectivity index (χ0v) is 11.1. The molecule has 1 heterocycles. The summed E-state index contributed by atoms with van der Waals surface area (Å²) in [5.74, 6) is -0.899. The Kier molecular flexibility index (Phi) is 5.96. The monoisotopic (exact) mass is 281 g/mol. The van der Waals surface area contributed by atoms with Crippen molar-refractivity contribution in [1.29, 1.82) is 0 Å². The summed E-state index contributed by atoms with van der Waals surface area (Å²) < 4.78 is 32.1. The van der Waals surface area contributed by atoms with Crippen LogP contribution in [0.25, 0.3) is 0 Å². The number of carbonyl (C=O) groups is 1. The van der Waals surface area contributed by atoms with Crippen molar-refractivity contribution in [3.8, 4) is 0 Å². The number of aliphatic carboxylic acids is 1. The van der Waals surface area contributed by atoms with Gasteiger partial charge in [-0.05, 0) is 0 Å². The molecule has 0 amide bonds. The van der Waals surface area contributed by atoms with Crippen molar-refractivity contribution in [3.63, 3.8) is 0 Å². The van der Waals surface area contributed by atoms with Gasteiger partial charge in [0, 0.05) is 39.8 Å². The third kappa shape index (κ3) is 4.86. The fourth-order valence-electron chi connectivity index (χ4n) is 1.68. The molecule has 106 valence electrons. The number of nitrogens with one attached hydrogen (secondary N) is 1. The first-order valence-corrected chi connectivity index (χ1v) is 7.07. The van der Waals surface area contributed by atoms with Crippen molar-refractivity contribution >= 4 is 16.2 Å². The minimum atomic E-state index is -3.48. The van der Waals surface area contributed by atoms with Crippen molar-refractivity contribution in [2.45, 2.75) is 0 Å². The molecule has 18 heavy (non-hydrogen) atoms. The summed E-state index contributed by atoms with van der Waals surface area (Å²) in [7, 11) is -1.98. The molecule has 2 N–H and O–H groups in total. The van der Waals surface area contributed by atoms with Crippen molar-refractivity contribution in [1.82, 2.24) is 13.9 Å². The second-order valence-corrected chi connectivity index (χ2v) is 5.72. The van der Waals surface area contributed by atoms with Crippen molar-refractivity contribution < 1.29 is 23.1 Å². The second-order valence-electron chi connectivity index (χ2n) is 3.96. The van der Waals surface area contributed by atoms with E-state index >= 15 is 0 Å². The second kappa shape index (κ2) is 7.00. The average Bonchev–Trinajstić information content (AvgIpc) is 2.29. The highest BCUT2D eigenvalue weighted by atomic mass is 32.2. The molecule has 1 rings (SSSR count). The molecule has 9 heteroatoms. The first kappa shape index (κ1) is 15.3. The van der Waals surface area contributed by atoms with Gasteiger partial charge in [-0.15, -0.1) is 0 Å². The number of piperazine rings is 1. The third-order valence-corrected chi connectivity index (χ3v) is 4.23. The van der Waals surface area contributed by atoms with Crippen LogP contribution in [0.2, 0.25) is 0 Å². The maximum absolute atomic E-state index is 11.8. The Morgan fingerprint density at radius 3 is 2.44 bits per heavy atom. The zero-order valence-electron chi connectivity index (χ0n) is 10.3. The molecule has 0 saturated carbocycles. The topological polar surface area (TPSA) is 99.2 Å². The first-order chi connectivity index (χ1) is 8.45. The van der Waals surface area contributed by atoms with Crippen LogP contribution in [-0.4, -0.2) is 81.7 Å². The Hall–Kier alpha value is -0.740. The number of hydrogen-bond acceptors (Lipinski definition) is 5. The molecule has 0 aromatic carbocycles. The smallest absolute Gasteiger partial charge is 0.317 e. The van der Waals surface area contributed by atoms with Gasteiger partial charge in [0.15, 0.2) is 0 Å². The Labute approximate surface area is 107 Å². The number of methoxy groups -OCH3 is 1. The van der Waals surface area contributed by atoms with Crippen LogP contribution in [0.1, 0.15) is 0 Å². The number of carboxylic acids is 1. The van der Waals surface area contributed by atoms with Gasteiger partial charge in [-0.25, -0.2) is 0 Å². The molecule has 0 aromatic heterocycles. The van der Waals surface area contributed by atoms with Crippen molar-refractivity contribution in [3.05, 3.63) is 0 Å². The maximum Gasteiger partial charge on any atom is 0.317 e. The van der Waals surface area contributed by atoms with Crippen LogP contribution >= 0.6 is 0 Å². The summed E-state index contributed by atoms with van der Waals surface area (Å²) in [4.78, 5) is 12.2. The van der Waals surface area contributed by atoms with Gasteiger partial charge >= 0.3 is 5.97 Å². The highest BCUT2D eigenvalue weighted by molar-refractivity contribution is 7.87. The molecule has 0 aliphatic carbocycles. The molecule has 0 atom stereocenters. The van der Waals surface area contributed by atoms with Gasteiger partial charge in [-0.1, -0.05) is 0 Å². The van der Waals surface area contributed by atoms with Crippen LogP contribution in [0, 0.1) is 0 Å². The fraction of sp³-hybridized carbons (Fsp3) is 0.889. The lowest BCUT2D eigenvalue weighted by Gasteiger charge is -2.32. The lowest BCUT2D eigenvalue weighted by Crippen LogP contribution is -2.53. The minimum Gasteiger partial charge on any atom is -0.480 e. The quantitative estimate of drug-likeness (QED) is 0.533. The SMILES string of the molecule is COCCNS(=O)(=O)N1CCN(CC(=O)O)CC1. The molecule has 0 unspecified atom stereocenters. The largest absolute Gasteiger partial charge is 0.480 e. The van der Waals surface area contributed by atoms with Gasteiger partial charge in [-0.3, -0.25) is 9.69 Å². The van der Waals surface area contributed by atoms with Crippen LogP contribution in [0.4, 0.5) is 0 Å². The summed E-state index contributed by atoms with van der Waals surface area (Å²) in [6.07, 6.45) is 0. The predicted octanol–water partition coefficient (Wildman–Crippen LogP) is -1.83. The summed E-state index contributed by atoms with van der Waals surface area (Å²) >= 11 is 0. The van der Waals surface area contributed by atoms with Gasteiger partial charge in [0.05, 0.1) is 13.2 Å². The van der Waals surface area contributed by atoms with Crippen molar-refractivity contribution in [2.75, 3.05) is 53.0 Å². The third-order valence-electron chi connectivity index (χ3n) is 2.62. The van der Waals surface area contributed by atoms with E-state index in [1.54, 1.807) is 4.90 Å². The molecular formula is C9H19N3O5S. The molecular weight excluding hydrogens is 262 g/mol. The van der Waals surface area contributed by atoms with Crippen LogP contribution < -0.4 is 4.72 Å². The van der Waals surface area contributed by atoms with Crippen LogP contribution in [0.15, 0.2) is 0 Å². The lowest BCUT2D eigenvalue weighted by molar-refractivity contribution is -0.138. The normalized spacial score (nSPS) is 18.9. The highest BCUT2D eigenvalue weighted by Gasteiger charge is 2.26. The van der Waals surface area contributed by atoms with Crippen LogP contribution in [-0.2, 0) is 19.7 Å². The summed E-state index contributed by atoms with van der Waals surface area (Å²) in [6, 6.07) is 0. The Bertz CT molecular complexity index is 364. The first-order valence-electron chi connectivity index (χ1n) is 5.63. The van der Waals surface area contributed by atoms with Gasteiger partial charge in [0.2, 0.25) is 0 Å². The van der Waals surface area contributed by atoms with E-state index in [0.717, 1.165) is 0 Å². The molecule has 0 aromatic rings. The molecule has 1 fully saturated rings. The van der Waals surface area contributed by atoms with E-state index in [0.29, 0.717) is 32.8 Å². The number of nitrogens with zero attached hydrogens (tertiary/aromatic N) is 2. The Balaban J connectivity index is 2.39. The van der Waals surface area contributed by atoms with E-state index in [4.69, 9.17) is 9.84 Å². The number of ether oxygens (including phenoxy) is 1. The van der Waals surface area contributed by atoms with Gasteiger partial charge in [-0.2, -0.15) is 17.4 Å².